The van der Waals surface area contributed by atoms with E-state index < -0.39 is 0 Å². The van der Waals surface area contributed by atoms with Gasteiger partial charge in [-0.25, -0.2) is 4.98 Å². The third kappa shape index (κ3) is 5.82. The Kier molecular flexibility index (Phi) is 6.44. The smallest absolute Gasteiger partial charge is 0.258 e. The maximum Gasteiger partial charge on any atom is 0.258 e. The fourth-order valence-corrected chi connectivity index (χ4v) is 2.82. The van der Waals surface area contributed by atoms with Crippen molar-refractivity contribution < 1.29 is 23.3 Å². The third-order valence-electron chi connectivity index (χ3n) is 4.62. The molecule has 0 atom stereocenters. The van der Waals surface area contributed by atoms with Crippen LogP contribution in [0.3, 0.4) is 0 Å². The molecule has 0 saturated heterocycles. The van der Waals surface area contributed by atoms with Gasteiger partial charge in [0.1, 0.15) is 17.1 Å². The quantitative estimate of drug-likeness (QED) is 0.413. The molecule has 3 N–H and O–H groups in total. The van der Waals surface area contributed by atoms with Crippen molar-refractivity contribution in [2.24, 2.45) is 0 Å². The fraction of sp³-hybridized carbons (Fsp3) is 0.174. The van der Waals surface area contributed by atoms with E-state index >= 15 is 0 Å². The van der Waals surface area contributed by atoms with E-state index in [0.717, 1.165) is 12.8 Å². The van der Waals surface area contributed by atoms with Gasteiger partial charge >= 0.3 is 0 Å². The predicted octanol–water partition coefficient (Wildman–Crippen LogP) is 4.17. The zero-order valence-corrected chi connectivity index (χ0v) is 17.9. The molecule has 2 aromatic heterocycles. The number of hydrogen-bond donors (Lipinski definition) is 3. The van der Waals surface area contributed by atoms with Gasteiger partial charge in [-0.3, -0.25) is 14.6 Å². The number of hydrogen-bond acceptors (Lipinski definition) is 8. The Morgan fingerprint density at radius 1 is 1.15 bits per heavy atom. The standard InChI is InChI=1S/C23H22N6O4.3H2/c1-3-20(30)26-15-5-4-6-17(9-15)33-22-19(21(31)27-14-7-8-14)13-25-23(29-22)28-16-10-18(32-2)12-24-11-16;;;/h3-6,9-14H,1,7-8H2,2H3,(H,26,30)(H,27,31)(H,25,28,29);3*1H. The first-order valence-electron chi connectivity index (χ1n) is 10.2. The Hall–Kier alpha value is -4.47. The van der Waals surface area contributed by atoms with Crippen molar-refractivity contribution in [2.45, 2.75) is 18.9 Å². The van der Waals surface area contributed by atoms with Crippen molar-refractivity contribution in [3.63, 3.8) is 0 Å². The summed E-state index contributed by atoms with van der Waals surface area (Å²) in [4.78, 5) is 37.1. The number of aromatic nitrogens is 3. The van der Waals surface area contributed by atoms with Crippen molar-refractivity contribution in [3.05, 3.63) is 67.1 Å². The maximum atomic E-state index is 12.7. The molecule has 33 heavy (non-hydrogen) atoms. The molecule has 4 rings (SSSR count). The van der Waals surface area contributed by atoms with E-state index in [1.165, 1.54) is 12.3 Å². The molecule has 2 heterocycles. The van der Waals surface area contributed by atoms with E-state index in [1.807, 2.05) is 0 Å². The van der Waals surface area contributed by atoms with Crippen molar-refractivity contribution in [1.82, 2.24) is 20.3 Å². The lowest BCUT2D eigenvalue weighted by Gasteiger charge is -2.13. The average Bonchev–Trinajstić information content (AvgIpc) is 3.63. The number of rotatable bonds is 9. The van der Waals surface area contributed by atoms with Crippen LogP contribution in [0.2, 0.25) is 0 Å². The zero-order valence-electron chi connectivity index (χ0n) is 17.9. The SMILES string of the molecule is C=CC(=O)Nc1cccc(Oc2nc(Nc3cncc(OC)c3)ncc2C(=O)NC2CC2)c1.[HH].[HH].[HH]. The van der Waals surface area contributed by atoms with Gasteiger partial charge in [-0.15, -0.1) is 0 Å². The molecular weight excluding hydrogens is 424 g/mol. The summed E-state index contributed by atoms with van der Waals surface area (Å²) in [6.07, 6.45) is 7.62. The number of amides is 2. The molecule has 1 aliphatic carbocycles. The first-order valence-corrected chi connectivity index (χ1v) is 10.2. The lowest BCUT2D eigenvalue weighted by molar-refractivity contribution is -0.111. The van der Waals surface area contributed by atoms with Crippen molar-refractivity contribution in [1.29, 1.82) is 0 Å². The molecule has 0 spiro atoms. The Labute approximate surface area is 194 Å². The van der Waals surface area contributed by atoms with Crippen LogP contribution in [-0.2, 0) is 4.79 Å². The molecule has 174 valence electrons. The summed E-state index contributed by atoms with van der Waals surface area (Å²) in [6.45, 7) is 3.44. The lowest BCUT2D eigenvalue weighted by Crippen LogP contribution is -2.26. The second-order valence-corrected chi connectivity index (χ2v) is 7.22. The summed E-state index contributed by atoms with van der Waals surface area (Å²) in [5.41, 5.74) is 1.30. The van der Waals surface area contributed by atoms with E-state index in [1.54, 1.807) is 49.8 Å². The van der Waals surface area contributed by atoms with E-state index in [0.29, 0.717) is 22.9 Å². The monoisotopic (exact) mass is 452 g/mol. The Bertz CT molecular complexity index is 1210. The lowest BCUT2D eigenvalue weighted by atomic mass is 10.2. The highest BCUT2D eigenvalue weighted by molar-refractivity contribution is 5.99. The van der Waals surface area contributed by atoms with Crippen molar-refractivity contribution in [3.8, 4) is 17.4 Å². The van der Waals surface area contributed by atoms with Crippen LogP contribution >= 0.6 is 0 Å². The van der Waals surface area contributed by atoms with Gasteiger partial charge in [0.25, 0.3) is 5.91 Å². The Morgan fingerprint density at radius 3 is 2.73 bits per heavy atom. The number of nitrogens with one attached hydrogen (secondary N) is 3. The van der Waals surface area contributed by atoms with Crippen LogP contribution in [0.1, 0.15) is 27.5 Å². The Morgan fingerprint density at radius 2 is 1.97 bits per heavy atom. The van der Waals surface area contributed by atoms with Gasteiger partial charge < -0.3 is 25.4 Å². The van der Waals surface area contributed by atoms with Crippen LogP contribution in [0.5, 0.6) is 17.4 Å². The average molecular weight is 453 g/mol. The van der Waals surface area contributed by atoms with Gasteiger partial charge in [-0.05, 0) is 31.1 Å². The predicted molar refractivity (Wildman–Crippen MR) is 128 cm³/mol. The van der Waals surface area contributed by atoms with Gasteiger partial charge in [0.05, 0.1) is 25.2 Å². The zero-order chi connectivity index (χ0) is 23.2. The summed E-state index contributed by atoms with van der Waals surface area (Å²) in [5.74, 6) is 0.545. The van der Waals surface area contributed by atoms with Crippen LogP contribution in [0, 0.1) is 0 Å². The molecular formula is C23H28N6O4. The highest BCUT2D eigenvalue weighted by Crippen LogP contribution is 2.28. The van der Waals surface area contributed by atoms with Crippen molar-refractivity contribution in [2.75, 3.05) is 17.7 Å². The van der Waals surface area contributed by atoms with Gasteiger partial charge in [0.2, 0.25) is 17.7 Å². The summed E-state index contributed by atoms with van der Waals surface area (Å²) >= 11 is 0. The highest BCUT2D eigenvalue weighted by atomic mass is 16.5. The molecule has 0 radical (unpaired) electrons. The van der Waals surface area contributed by atoms with E-state index in [9.17, 15) is 9.59 Å². The molecule has 1 aromatic carbocycles. The first-order chi connectivity index (χ1) is 16.0. The number of methoxy groups -OCH3 is 1. The second-order valence-electron chi connectivity index (χ2n) is 7.22. The second kappa shape index (κ2) is 9.77. The summed E-state index contributed by atoms with van der Waals surface area (Å²) in [5, 5.41) is 8.60. The number of ether oxygens (including phenoxy) is 2. The molecule has 1 saturated carbocycles. The molecule has 0 aliphatic heterocycles. The van der Waals surface area contributed by atoms with Gasteiger partial charge in [0, 0.05) is 34.3 Å². The van der Waals surface area contributed by atoms with Crippen LogP contribution < -0.4 is 25.4 Å². The topological polar surface area (TPSA) is 127 Å². The molecule has 3 aromatic rings. The minimum Gasteiger partial charge on any atom is -0.495 e. The number of nitrogens with zero attached hydrogens (tertiary/aromatic N) is 3. The van der Waals surface area contributed by atoms with Crippen LogP contribution in [-0.4, -0.2) is 39.9 Å². The van der Waals surface area contributed by atoms with E-state index in [2.05, 4.69) is 37.5 Å². The van der Waals surface area contributed by atoms with Gasteiger partial charge in [-0.1, -0.05) is 12.6 Å². The summed E-state index contributed by atoms with van der Waals surface area (Å²) in [7, 11) is 1.54. The third-order valence-corrected chi connectivity index (χ3v) is 4.62. The van der Waals surface area contributed by atoms with Crippen LogP contribution in [0.15, 0.2) is 61.6 Å². The summed E-state index contributed by atoms with van der Waals surface area (Å²) < 4.78 is 11.1. The fourth-order valence-electron chi connectivity index (χ4n) is 2.82. The van der Waals surface area contributed by atoms with Crippen LogP contribution in [0.25, 0.3) is 0 Å². The molecule has 0 unspecified atom stereocenters. The van der Waals surface area contributed by atoms with E-state index in [-0.39, 0.29) is 39.5 Å². The van der Waals surface area contributed by atoms with Gasteiger partial charge in [0.15, 0.2) is 0 Å². The number of carbonyl (C=O) groups excluding carboxylic acids is 2. The maximum absolute atomic E-state index is 12.7. The first kappa shape index (κ1) is 21.8. The highest BCUT2D eigenvalue weighted by Gasteiger charge is 2.26. The minimum absolute atomic E-state index is 0. The normalized spacial score (nSPS) is 12.4. The summed E-state index contributed by atoms with van der Waals surface area (Å²) in [6, 6.07) is 8.61. The molecule has 0 bridgehead atoms. The van der Waals surface area contributed by atoms with Crippen molar-refractivity contribution >= 4 is 29.1 Å². The molecule has 2 amide bonds. The molecule has 1 aliphatic rings. The molecule has 1 fully saturated rings. The number of pyridine rings is 1. The molecule has 10 heteroatoms. The number of carbonyl (C=O) groups is 2. The van der Waals surface area contributed by atoms with E-state index in [4.69, 9.17) is 9.47 Å². The molecule has 10 nitrogen and oxygen atoms in total. The largest absolute Gasteiger partial charge is 0.495 e. The number of benzene rings is 1. The Balaban J connectivity index is 0.00000216. The number of anilines is 3. The van der Waals surface area contributed by atoms with Crippen LogP contribution in [0.4, 0.5) is 17.3 Å². The minimum atomic E-state index is -0.350. The van der Waals surface area contributed by atoms with Gasteiger partial charge in [-0.2, -0.15) is 4.98 Å².